The molecule has 13 heavy (non-hydrogen) atoms. The Labute approximate surface area is 78.0 Å². The number of carbonyl (C=O) groups is 1. The van der Waals surface area contributed by atoms with Gasteiger partial charge >= 0.3 is 5.97 Å². The summed E-state index contributed by atoms with van der Waals surface area (Å²) in [6, 6.07) is 0. The fourth-order valence-corrected chi connectivity index (χ4v) is 1.15. The van der Waals surface area contributed by atoms with Crippen molar-refractivity contribution in [3.8, 4) is 0 Å². The van der Waals surface area contributed by atoms with Crippen molar-refractivity contribution in [2.75, 3.05) is 6.61 Å². The van der Waals surface area contributed by atoms with Gasteiger partial charge in [0.15, 0.2) is 5.76 Å². The Hall–Kier alpha value is -1.25. The highest BCUT2D eigenvalue weighted by atomic mass is 16.6. The number of esters is 1. The Morgan fingerprint density at radius 2 is 2.15 bits per heavy atom. The third-order valence-corrected chi connectivity index (χ3v) is 1.78. The van der Waals surface area contributed by atoms with Gasteiger partial charge in [-0.15, -0.1) is 0 Å². The van der Waals surface area contributed by atoms with Crippen LogP contribution in [0.5, 0.6) is 0 Å². The van der Waals surface area contributed by atoms with Crippen molar-refractivity contribution in [2.24, 2.45) is 0 Å². The molecule has 0 heterocycles. The van der Waals surface area contributed by atoms with E-state index >= 15 is 0 Å². The van der Waals surface area contributed by atoms with E-state index in [2.05, 4.69) is 6.58 Å². The fourth-order valence-electron chi connectivity index (χ4n) is 1.15. The summed E-state index contributed by atoms with van der Waals surface area (Å²) in [5.74, 6) is -0.357. The zero-order valence-electron chi connectivity index (χ0n) is 7.79. The molecule has 0 aromatic rings. The van der Waals surface area contributed by atoms with Crippen LogP contribution >= 0.6 is 0 Å². The highest BCUT2D eigenvalue weighted by Gasteiger charge is 2.16. The molecule has 1 rings (SSSR count). The van der Waals surface area contributed by atoms with Crippen LogP contribution in [0.4, 0.5) is 0 Å². The summed E-state index contributed by atoms with van der Waals surface area (Å²) in [5, 5.41) is 0. The van der Waals surface area contributed by atoms with Crippen LogP contribution in [-0.2, 0) is 14.3 Å². The van der Waals surface area contributed by atoms with E-state index in [-0.39, 0.29) is 11.9 Å². The lowest BCUT2D eigenvalue weighted by molar-refractivity contribution is -0.143. The van der Waals surface area contributed by atoms with Gasteiger partial charge in [-0.1, -0.05) is 12.2 Å². The normalized spacial score (nSPS) is 15.8. The second kappa shape index (κ2) is 4.70. The molecule has 0 saturated heterocycles. The lowest BCUT2D eigenvalue weighted by Gasteiger charge is -2.13. The van der Waals surface area contributed by atoms with E-state index in [0.717, 1.165) is 12.8 Å². The topological polar surface area (TPSA) is 35.5 Å². The van der Waals surface area contributed by atoms with Crippen LogP contribution < -0.4 is 0 Å². The summed E-state index contributed by atoms with van der Waals surface area (Å²) in [6.07, 6.45) is 5.82. The second-order valence-electron chi connectivity index (χ2n) is 2.83. The first-order chi connectivity index (χ1) is 6.24. The first kappa shape index (κ1) is 9.84. The molecule has 0 amide bonds. The van der Waals surface area contributed by atoms with E-state index in [0.29, 0.717) is 6.61 Å². The highest BCUT2D eigenvalue weighted by Crippen LogP contribution is 2.16. The number of carbonyl (C=O) groups excluding carboxylic acids is 1. The second-order valence-corrected chi connectivity index (χ2v) is 2.83. The molecular weight excluding hydrogens is 168 g/mol. The number of ether oxygens (including phenoxy) is 2. The summed E-state index contributed by atoms with van der Waals surface area (Å²) < 4.78 is 10.0. The average molecular weight is 182 g/mol. The number of hydrogen-bond acceptors (Lipinski definition) is 3. The molecular formula is C10H14O3. The van der Waals surface area contributed by atoms with Gasteiger partial charge in [0, 0.05) is 12.8 Å². The lowest BCUT2D eigenvalue weighted by atomic mass is 10.3. The smallest absolute Gasteiger partial charge is 0.372 e. The van der Waals surface area contributed by atoms with Crippen molar-refractivity contribution in [1.82, 2.24) is 0 Å². The van der Waals surface area contributed by atoms with Gasteiger partial charge in [0.25, 0.3) is 0 Å². The van der Waals surface area contributed by atoms with Crippen LogP contribution in [0.1, 0.15) is 19.8 Å². The highest BCUT2D eigenvalue weighted by molar-refractivity contribution is 5.85. The van der Waals surface area contributed by atoms with E-state index in [1.54, 1.807) is 6.92 Å². The van der Waals surface area contributed by atoms with Crippen molar-refractivity contribution in [3.05, 3.63) is 24.5 Å². The van der Waals surface area contributed by atoms with Crippen LogP contribution in [0.3, 0.4) is 0 Å². The fraction of sp³-hybridized carbons (Fsp3) is 0.500. The predicted octanol–water partition coefficient (Wildman–Crippen LogP) is 1.80. The van der Waals surface area contributed by atoms with Gasteiger partial charge in [-0.05, 0) is 13.5 Å². The van der Waals surface area contributed by atoms with E-state index in [1.807, 2.05) is 12.2 Å². The molecule has 0 radical (unpaired) electrons. The molecule has 0 bridgehead atoms. The molecule has 0 aromatic carbocycles. The van der Waals surface area contributed by atoms with Crippen molar-refractivity contribution in [2.45, 2.75) is 25.9 Å². The summed E-state index contributed by atoms with van der Waals surface area (Å²) in [6.45, 7) is 5.62. The SMILES string of the molecule is C=C(OC1CC=CC1)C(=O)OCC. The summed E-state index contributed by atoms with van der Waals surface area (Å²) in [5.41, 5.74) is 0. The third-order valence-electron chi connectivity index (χ3n) is 1.78. The molecule has 72 valence electrons. The number of hydrogen-bond donors (Lipinski definition) is 0. The van der Waals surface area contributed by atoms with Crippen molar-refractivity contribution >= 4 is 5.97 Å². The Morgan fingerprint density at radius 3 is 2.69 bits per heavy atom. The van der Waals surface area contributed by atoms with Crippen molar-refractivity contribution in [3.63, 3.8) is 0 Å². The van der Waals surface area contributed by atoms with Crippen LogP contribution in [0, 0.1) is 0 Å². The third kappa shape index (κ3) is 2.93. The Kier molecular flexibility index (Phi) is 3.55. The standard InChI is InChI=1S/C10H14O3/c1-3-12-10(11)8(2)13-9-6-4-5-7-9/h4-5,9H,2-3,6-7H2,1H3. The van der Waals surface area contributed by atoms with Gasteiger partial charge in [-0.3, -0.25) is 0 Å². The van der Waals surface area contributed by atoms with Crippen LogP contribution in [0.25, 0.3) is 0 Å². The van der Waals surface area contributed by atoms with Gasteiger partial charge in [0.1, 0.15) is 6.10 Å². The largest absolute Gasteiger partial charge is 0.483 e. The maximum Gasteiger partial charge on any atom is 0.372 e. The first-order valence-corrected chi connectivity index (χ1v) is 4.41. The molecule has 0 atom stereocenters. The Balaban J connectivity index is 2.28. The lowest BCUT2D eigenvalue weighted by Crippen LogP contribution is -2.15. The Bertz CT molecular complexity index is 222. The van der Waals surface area contributed by atoms with Gasteiger partial charge in [-0.25, -0.2) is 4.79 Å². The molecule has 0 saturated carbocycles. The van der Waals surface area contributed by atoms with Crippen LogP contribution in [0.15, 0.2) is 24.5 Å². The predicted molar refractivity (Wildman–Crippen MR) is 49.0 cm³/mol. The first-order valence-electron chi connectivity index (χ1n) is 4.41. The van der Waals surface area contributed by atoms with Crippen molar-refractivity contribution in [1.29, 1.82) is 0 Å². The Morgan fingerprint density at radius 1 is 1.54 bits per heavy atom. The minimum Gasteiger partial charge on any atom is -0.483 e. The average Bonchev–Trinajstić information content (AvgIpc) is 2.57. The van der Waals surface area contributed by atoms with E-state index in [1.165, 1.54) is 0 Å². The zero-order valence-corrected chi connectivity index (χ0v) is 7.79. The molecule has 1 aliphatic rings. The maximum absolute atomic E-state index is 11.1. The van der Waals surface area contributed by atoms with Gasteiger partial charge in [-0.2, -0.15) is 0 Å². The van der Waals surface area contributed by atoms with Gasteiger partial charge in [0.05, 0.1) is 6.61 Å². The van der Waals surface area contributed by atoms with Crippen molar-refractivity contribution < 1.29 is 14.3 Å². The van der Waals surface area contributed by atoms with Gasteiger partial charge < -0.3 is 9.47 Å². The number of rotatable bonds is 4. The molecule has 3 nitrogen and oxygen atoms in total. The quantitative estimate of drug-likeness (QED) is 0.288. The maximum atomic E-state index is 11.1. The molecule has 0 aliphatic heterocycles. The summed E-state index contributed by atoms with van der Waals surface area (Å²) in [7, 11) is 0. The minimum atomic E-state index is -0.464. The molecule has 0 unspecified atom stereocenters. The summed E-state index contributed by atoms with van der Waals surface area (Å²) in [4.78, 5) is 11.1. The minimum absolute atomic E-state index is 0.0666. The molecule has 3 heteroatoms. The molecule has 0 aromatic heterocycles. The molecule has 0 N–H and O–H groups in total. The molecule has 0 fully saturated rings. The van der Waals surface area contributed by atoms with Crippen LogP contribution in [0.2, 0.25) is 0 Å². The molecule has 1 aliphatic carbocycles. The molecule has 0 spiro atoms. The van der Waals surface area contributed by atoms with E-state index < -0.39 is 5.97 Å². The monoisotopic (exact) mass is 182 g/mol. The van der Waals surface area contributed by atoms with E-state index in [9.17, 15) is 4.79 Å². The van der Waals surface area contributed by atoms with E-state index in [4.69, 9.17) is 9.47 Å². The van der Waals surface area contributed by atoms with Gasteiger partial charge in [0.2, 0.25) is 0 Å². The van der Waals surface area contributed by atoms with Crippen LogP contribution in [-0.4, -0.2) is 18.7 Å². The summed E-state index contributed by atoms with van der Waals surface area (Å²) >= 11 is 0. The zero-order chi connectivity index (χ0) is 9.68.